The molecule has 0 aliphatic carbocycles. The van der Waals surface area contributed by atoms with Gasteiger partial charge >= 0.3 is 0 Å². The molecule has 2 N–H and O–H groups in total. The van der Waals surface area contributed by atoms with Crippen molar-refractivity contribution in [2.24, 2.45) is 0 Å². The molecule has 0 heterocycles. The Morgan fingerprint density at radius 3 is 2.76 bits per heavy atom. The van der Waals surface area contributed by atoms with Gasteiger partial charge in [0.05, 0.1) is 5.56 Å². The van der Waals surface area contributed by atoms with Crippen molar-refractivity contribution in [2.75, 3.05) is 18.2 Å². The number of carbonyl (C=O) groups is 1. The van der Waals surface area contributed by atoms with E-state index in [0.717, 1.165) is 29.0 Å². The third kappa shape index (κ3) is 4.34. The van der Waals surface area contributed by atoms with Gasteiger partial charge in [-0.1, -0.05) is 24.3 Å². The number of benzene rings is 2. The third-order valence-corrected chi connectivity index (χ3v) is 3.96. The zero-order valence-electron chi connectivity index (χ0n) is 12.0. The van der Waals surface area contributed by atoms with Crippen molar-refractivity contribution in [3.63, 3.8) is 0 Å². The van der Waals surface area contributed by atoms with E-state index in [-0.39, 0.29) is 12.5 Å². The summed E-state index contributed by atoms with van der Waals surface area (Å²) in [6.07, 6.45) is 3.50. The number of aryl methyl sites for hydroxylation is 1. The van der Waals surface area contributed by atoms with Crippen LogP contribution in [0.15, 0.2) is 53.4 Å². The molecule has 2 aromatic carbocycles. The zero-order chi connectivity index (χ0) is 15.1. The molecule has 0 saturated heterocycles. The summed E-state index contributed by atoms with van der Waals surface area (Å²) in [5.41, 5.74) is 2.58. The lowest BCUT2D eigenvalue weighted by atomic mass is 10.1. The second-order valence-corrected chi connectivity index (χ2v) is 5.53. The number of carbonyl (C=O) groups excluding carboxylic acids is 1. The predicted octanol–water partition coefficient (Wildman–Crippen LogP) is 3.59. The van der Waals surface area contributed by atoms with Crippen molar-refractivity contribution in [3.8, 4) is 0 Å². The monoisotopic (exact) mass is 301 g/mol. The number of aliphatic hydroxyl groups is 1. The van der Waals surface area contributed by atoms with Crippen molar-refractivity contribution in [1.29, 1.82) is 0 Å². The molecule has 2 rings (SSSR count). The highest BCUT2D eigenvalue weighted by Gasteiger charge is 2.10. The molecule has 0 spiro atoms. The van der Waals surface area contributed by atoms with Crippen molar-refractivity contribution < 1.29 is 9.90 Å². The number of hydrogen-bond donors (Lipinski definition) is 2. The van der Waals surface area contributed by atoms with Crippen LogP contribution in [0.25, 0.3) is 0 Å². The van der Waals surface area contributed by atoms with Crippen LogP contribution in [0.2, 0.25) is 0 Å². The van der Waals surface area contributed by atoms with E-state index in [1.165, 1.54) is 0 Å². The predicted molar refractivity (Wildman–Crippen MR) is 88.0 cm³/mol. The van der Waals surface area contributed by atoms with Crippen molar-refractivity contribution in [1.82, 2.24) is 0 Å². The number of hydrogen-bond acceptors (Lipinski definition) is 3. The Balaban J connectivity index is 2.12. The summed E-state index contributed by atoms with van der Waals surface area (Å²) in [7, 11) is 0. The molecule has 0 unspecified atom stereocenters. The number of rotatable bonds is 6. The van der Waals surface area contributed by atoms with E-state index in [0.29, 0.717) is 5.56 Å². The van der Waals surface area contributed by atoms with Gasteiger partial charge in [-0.25, -0.2) is 0 Å². The minimum Gasteiger partial charge on any atom is -0.396 e. The highest BCUT2D eigenvalue weighted by atomic mass is 32.2. The smallest absolute Gasteiger partial charge is 0.256 e. The van der Waals surface area contributed by atoms with E-state index in [1.807, 2.05) is 54.8 Å². The Bertz CT molecular complexity index is 613. The first-order valence-electron chi connectivity index (χ1n) is 6.88. The highest BCUT2D eigenvalue weighted by Crippen LogP contribution is 2.21. The molecular formula is C17H19NO2S. The lowest BCUT2D eigenvalue weighted by Crippen LogP contribution is -2.13. The Morgan fingerprint density at radius 1 is 1.19 bits per heavy atom. The van der Waals surface area contributed by atoms with Gasteiger partial charge in [0, 0.05) is 17.2 Å². The summed E-state index contributed by atoms with van der Waals surface area (Å²) in [6.45, 7) is 0.178. The van der Waals surface area contributed by atoms with Crippen molar-refractivity contribution in [2.45, 2.75) is 17.7 Å². The van der Waals surface area contributed by atoms with Gasteiger partial charge in [-0.05, 0) is 48.9 Å². The molecule has 0 fully saturated rings. The van der Waals surface area contributed by atoms with Crippen LogP contribution in [-0.2, 0) is 6.42 Å². The van der Waals surface area contributed by atoms with Crippen LogP contribution in [0.1, 0.15) is 22.3 Å². The molecule has 0 saturated carbocycles. The van der Waals surface area contributed by atoms with E-state index in [1.54, 1.807) is 11.8 Å². The second-order valence-electron chi connectivity index (χ2n) is 4.68. The topological polar surface area (TPSA) is 49.3 Å². The highest BCUT2D eigenvalue weighted by molar-refractivity contribution is 7.98. The van der Waals surface area contributed by atoms with Crippen molar-refractivity contribution in [3.05, 3.63) is 59.7 Å². The number of aliphatic hydroxyl groups excluding tert-OH is 1. The number of nitrogens with one attached hydrogen (secondary N) is 1. The van der Waals surface area contributed by atoms with Gasteiger partial charge in [0.1, 0.15) is 0 Å². The largest absolute Gasteiger partial charge is 0.396 e. The van der Waals surface area contributed by atoms with Gasteiger partial charge in [-0.15, -0.1) is 11.8 Å². The first-order valence-corrected chi connectivity index (χ1v) is 8.11. The van der Waals surface area contributed by atoms with E-state index < -0.39 is 0 Å². The molecule has 110 valence electrons. The van der Waals surface area contributed by atoms with E-state index in [9.17, 15) is 4.79 Å². The van der Waals surface area contributed by atoms with Crippen LogP contribution in [0.5, 0.6) is 0 Å². The lowest BCUT2D eigenvalue weighted by molar-refractivity contribution is 0.102. The fourth-order valence-corrected chi connectivity index (χ4v) is 2.71. The molecule has 0 aromatic heterocycles. The summed E-state index contributed by atoms with van der Waals surface area (Å²) in [6, 6.07) is 15.3. The molecular weight excluding hydrogens is 282 g/mol. The minimum atomic E-state index is -0.0979. The van der Waals surface area contributed by atoms with Gasteiger partial charge in [-0.3, -0.25) is 4.79 Å². The van der Waals surface area contributed by atoms with Crippen molar-refractivity contribution >= 4 is 23.4 Å². The number of thioether (sulfide) groups is 1. The Morgan fingerprint density at radius 2 is 2.00 bits per heavy atom. The fraction of sp³-hybridized carbons (Fsp3) is 0.235. The number of anilines is 1. The average molecular weight is 301 g/mol. The van der Waals surface area contributed by atoms with Crippen LogP contribution in [-0.4, -0.2) is 23.9 Å². The summed E-state index contributed by atoms with van der Waals surface area (Å²) in [5, 5.41) is 11.8. The summed E-state index contributed by atoms with van der Waals surface area (Å²) in [4.78, 5) is 13.3. The summed E-state index contributed by atoms with van der Waals surface area (Å²) in [5.74, 6) is -0.0979. The molecule has 3 nitrogen and oxygen atoms in total. The van der Waals surface area contributed by atoms with Crippen LogP contribution >= 0.6 is 11.8 Å². The van der Waals surface area contributed by atoms with E-state index in [2.05, 4.69) is 5.32 Å². The second kappa shape index (κ2) is 7.86. The van der Waals surface area contributed by atoms with Gasteiger partial charge in [-0.2, -0.15) is 0 Å². The SMILES string of the molecule is CSc1ccccc1C(=O)Nc1cccc(CCCO)c1. The van der Waals surface area contributed by atoms with Gasteiger partial charge < -0.3 is 10.4 Å². The quantitative estimate of drug-likeness (QED) is 0.802. The Hall–Kier alpha value is -1.78. The van der Waals surface area contributed by atoms with Crippen LogP contribution < -0.4 is 5.32 Å². The standard InChI is InChI=1S/C17H19NO2S/c1-21-16-10-3-2-9-15(16)17(20)18-14-8-4-6-13(12-14)7-5-11-19/h2-4,6,8-10,12,19H,5,7,11H2,1H3,(H,18,20). The third-order valence-electron chi connectivity index (χ3n) is 3.16. The fourth-order valence-electron chi connectivity index (χ4n) is 2.12. The van der Waals surface area contributed by atoms with Gasteiger partial charge in [0.15, 0.2) is 0 Å². The zero-order valence-corrected chi connectivity index (χ0v) is 12.8. The Labute approximate surface area is 129 Å². The molecule has 2 aromatic rings. The van der Waals surface area contributed by atoms with Crippen LogP contribution in [0.4, 0.5) is 5.69 Å². The maximum absolute atomic E-state index is 12.4. The molecule has 0 atom stereocenters. The molecule has 0 aliphatic rings. The maximum atomic E-state index is 12.4. The van der Waals surface area contributed by atoms with Gasteiger partial charge in [0.25, 0.3) is 5.91 Å². The maximum Gasteiger partial charge on any atom is 0.256 e. The molecule has 0 aliphatic heterocycles. The first-order chi connectivity index (χ1) is 10.2. The average Bonchev–Trinajstić information content (AvgIpc) is 2.53. The number of amides is 1. The van der Waals surface area contributed by atoms with Crippen LogP contribution in [0, 0.1) is 0 Å². The first kappa shape index (κ1) is 15.6. The minimum absolute atomic E-state index is 0.0979. The summed E-state index contributed by atoms with van der Waals surface area (Å²) < 4.78 is 0. The molecule has 0 bridgehead atoms. The molecule has 0 radical (unpaired) electrons. The summed E-state index contributed by atoms with van der Waals surface area (Å²) >= 11 is 1.56. The molecule has 4 heteroatoms. The van der Waals surface area contributed by atoms with E-state index >= 15 is 0 Å². The van der Waals surface area contributed by atoms with Gasteiger partial charge in [0.2, 0.25) is 0 Å². The molecule has 21 heavy (non-hydrogen) atoms. The Kier molecular flexibility index (Phi) is 5.84. The molecule has 1 amide bonds. The normalized spacial score (nSPS) is 10.4. The lowest BCUT2D eigenvalue weighted by Gasteiger charge is -2.09. The van der Waals surface area contributed by atoms with Crippen LogP contribution in [0.3, 0.4) is 0 Å². The van der Waals surface area contributed by atoms with E-state index in [4.69, 9.17) is 5.11 Å².